The topological polar surface area (TPSA) is 141 Å². The lowest BCUT2D eigenvalue weighted by molar-refractivity contribution is -0.127. The first-order valence-corrected chi connectivity index (χ1v) is 11.2. The molecule has 0 bridgehead atoms. The molecule has 1 aliphatic heterocycles. The van der Waals surface area contributed by atoms with Crippen molar-refractivity contribution < 1.29 is 14.4 Å². The van der Waals surface area contributed by atoms with E-state index in [0.29, 0.717) is 13.0 Å². The molecule has 0 spiro atoms. The number of carbonyl (C=O) groups is 3. The minimum absolute atomic E-state index is 0.124. The summed E-state index contributed by atoms with van der Waals surface area (Å²) in [6, 6.07) is -0.530. The highest BCUT2D eigenvalue weighted by Gasteiger charge is 2.14. The molecule has 1 atom stereocenters. The summed E-state index contributed by atoms with van der Waals surface area (Å²) in [6.07, 6.45) is 4.91. The highest BCUT2D eigenvalue weighted by molar-refractivity contribution is 5.86. The number of nitrogens with zero attached hydrogens (tertiary/aromatic N) is 1. The SMILES string of the molecule is NCCCCC(C=O)NC(=O)CNC(=O)CN1CCCNCCNCCCNCC1. The van der Waals surface area contributed by atoms with Gasteiger partial charge in [-0.25, -0.2) is 0 Å². The van der Waals surface area contributed by atoms with Crippen molar-refractivity contribution in [2.45, 2.75) is 38.1 Å². The average Bonchev–Trinajstić information content (AvgIpc) is 2.74. The van der Waals surface area contributed by atoms with E-state index in [-0.39, 0.29) is 24.9 Å². The third kappa shape index (κ3) is 14.4. The van der Waals surface area contributed by atoms with Gasteiger partial charge in [-0.3, -0.25) is 14.5 Å². The summed E-state index contributed by atoms with van der Waals surface area (Å²) in [6.45, 7) is 7.88. The molecule has 1 fully saturated rings. The number of hydrogen-bond donors (Lipinski definition) is 6. The summed E-state index contributed by atoms with van der Waals surface area (Å²) in [4.78, 5) is 37.5. The summed E-state index contributed by atoms with van der Waals surface area (Å²) in [5.41, 5.74) is 5.44. The predicted molar refractivity (Wildman–Crippen MR) is 118 cm³/mol. The number of unbranched alkanes of at least 4 members (excludes halogenated alkanes) is 1. The second kappa shape index (κ2) is 18.2. The molecule has 2 amide bonds. The van der Waals surface area contributed by atoms with E-state index in [1.54, 1.807) is 0 Å². The Morgan fingerprint density at radius 2 is 1.63 bits per heavy atom. The van der Waals surface area contributed by atoms with Crippen molar-refractivity contribution in [2.24, 2.45) is 5.73 Å². The minimum atomic E-state index is -0.530. The van der Waals surface area contributed by atoms with E-state index in [0.717, 1.165) is 84.3 Å². The number of nitrogens with one attached hydrogen (secondary N) is 5. The van der Waals surface area contributed by atoms with Crippen LogP contribution in [0.15, 0.2) is 0 Å². The molecular formula is C20H41N7O3. The Morgan fingerprint density at radius 3 is 2.33 bits per heavy atom. The van der Waals surface area contributed by atoms with Crippen molar-refractivity contribution in [3.63, 3.8) is 0 Å². The lowest BCUT2D eigenvalue weighted by Crippen LogP contribution is -2.46. The number of carbonyl (C=O) groups excluding carboxylic acids is 3. The average molecular weight is 428 g/mol. The van der Waals surface area contributed by atoms with Crippen LogP contribution in [0.2, 0.25) is 0 Å². The van der Waals surface area contributed by atoms with Crippen molar-refractivity contribution >= 4 is 18.1 Å². The van der Waals surface area contributed by atoms with Crippen molar-refractivity contribution in [2.75, 3.05) is 72.0 Å². The maximum absolute atomic E-state index is 12.3. The Hall–Kier alpha value is -1.59. The maximum Gasteiger partial charge on any atom is 0.239 e. The molecular weight excluding hydrogens is 386 g/mol. The van der Waals surface area contributed by atoms with Gasteiger partial charge in [-0.1, -0.05) is 0 Å². The van der Waals surface area contributed by atoms with Crippen molar-refractivity contribution in [3.05, 3.63) is 0 Å². The summed E-state index contributed by atoms with van der Waals surface area (Å²) in [5, 5.41) is 15.5. The maximum atomic E-state index is 12.3. The molecule has 1 saturated heterocycles. The first-order valence-electron chi connectivity index (χ1n) is 11.2. The molecule has 174 valence electrons. The number of aldehydes is 1. The molecule has 0 aromatic carbocycles. The zero-order valence-electron chi connectivity index (χ0n) is 18.2. The Labute approximate surface area is 180 Å². The Bertz CT molecular complexity index is 465. The van der Waals surface area contributed by atoms with Crippen LogP contribution in [0.5, 0.6) is 0 Å². The molecule has 0 aromatic rings. The Morgan fingerprint density at radius 1 is 0.933 bits per heavy atom. The molecule has 0 aromatic heterocycles. The van der Waals surface area contributed by atoms with Gasteiger partial charge in [-0.15, -0.1) is 0 Å². The highest BCUT2D eigenvalue weighted by atomic mass is 16.2. The lowest BCUT2D eigenvalue weighted by atomic mass is 10.1. The molecule has 7 N–H and O–H groups in total. The van der Waals surface area contributed by atoms with E-state index in [2.05, 4.69) is 31.5 Å². The summed E-state index contributed by atoms with van der Waals surface area (Å²) in [7, 11) is 0. The van der Waals surface area contributed by atoms with Crippen LogP contribution < -0.4 is 32.3 Å². The van der Waals surface area contributed by atoms with Gasteiger partial charge >= 0.3 is 0 Å². The van der Waals surface area contributed by atoms with Gasteiger partial charge in [0, 0.05) is 26.2 Å². The number of amides is 2. The predicted octanol–water partition coefficient (Wildman–Crippen LogP) is -2.22. The van der Waals surface area contributed by atoms with Crippen molar-refractivity contribution in [1.82, 2.24) is 31.5 Å². The quantitative estimate of drug-likeness (QED) is 0.170. The second-order valence-electron chi connectivity index (χ2n) is 7.60. The molecule has 10 nitrogen and oxygen atoms in total. The van der Waals surface area contributed by atoms with Crippen molar-refractivity contribution in [1.29, 1.82) is 0 Å². The standard InChI is InChI=1S/C20H41N7O3/c21-6-2-1-5-18(17-28)26-19(29)15-25-20(30)16-27-13-4-9-23-11-10-22-7-3-8-24-12-14-27/h17-18,22-24H,1-16,21H2,(H,25,30)(H,26,29). The van der Waals surface area contributed by atoms with Gasteiger partial charge in [0.1, 0.15) is 6.29 Å². The lowest BCUT2D eigenvalue weighted by Gasteiger charge is -2.22. The zero-order valence-corrected chi connectivity index (χ0v) is 18.2. The van der Waals surface area contributed by atoms with E-state index < -0.39 is 6.04 Å². The monoisotopic (exact) mass is 427 g/mol. The smallest absolute Gasteiger partial charge is 0.239 e. The van der Waals surface area contributed by atoms with Gasteiger partial charge in [0.15, 0.2) is 0 Å². The van der Waals surface area contributed by atoms with Crippen molar-refractivity contribution in [3.8, 4) is 0 Å². The first-order chi connectivity index (χ1) is 14.7. The normalized spacial score (nSPS) is 18.7. The summed E-state index contributed by atoms with van der Waals surface area (Å²) in [5.74, 6) is -0.539. The van der Waals surface area contributed by atoms with E-state index in [9.17, 15) is 14.4 Å². The van der Waals surface area contributed by atoms with Gasteiger partial charge in [-0.05, 0) is 64.8 Å². The van der Waals surface area contributed by atoms with Crippen LogP contribution in [0, 0.1) is 0 Å². The fraction of sp³-hybridized carbons (Fsp3) is 0.850. The minimum Gasteiger partial charge on any atom is -0.346 e. The second-order valence-corrected chi connectivity index (χ2v) is 7.60. The van der Waals surface area contributed by atoms with Gasteiger partial charge in [0.2, 0.25) is 11.8 Å². The zero-order chi connectivity index (χ0) is 21.9. The fourth-order valence-corrected chi connectivity index (χ4v) is 3.20. The van der Waals surface area contributed by atoms with Crippen LogP contribution in [-0.2, 0) is 14.4 Å². The van der Waals surface area contributed by atoms with Gasteiger partial charge in [0.05, 0.1) is 19.1 Å². The van der Waals surface area contributed by atoms with Crippen LogP contribution in [0.1, 0.15) is 32.1 Å². The van der Waals surface area contributed by atoms with Crippen LogP contribution in [0.3, 0.4) is 0 Å². The third-order valence-electron chi connectivity index (χ3n) is 4.91. The molecule has 0 aliphatic carbocycles. The molecule has 30 heavy (non-hydrogen) atoms. The van der Waals surface area contributed by atoms with Crippen LogP contribution >= 0.6 is 0 Å². The molecule has 10 heteroatoms. The van der Waals surface area contributed by atoms with E-state index in [4.69, 9.17) is 5.73 Å². The molecule has 1 rings (SSSR count). The Balaban J connectivity index is 2.32. The van der Waals surface area contributed by atoms with E-state index in [1.807, 2.05) is 0 Å². The number of hydrogen-bond acceptors (Lipinski definition) is 8. The van der Waals surface area contributed by atoms with Gasteiger partial charge in [-0.2, -0.15) is 0 Å². The Kier molecular flexibility index (Phi) is 16.0. The largest absolute Gasteiger partial charge is 0.346 e. The molecule has 1 aliphatic rings. The summed E-state index contributed by atoms with van der Waals surface area (Å²) >= 11 is 0. The van der Waals surface area contributed by atoms with E-state index >= 15 is 0 Å². The molecule has 0 radical (unpaired) electrons. The third-order valence-corrected chi connectivity index (χ3v) is 4.91. The van der Waals surface area contributed by atoms with Crippen LogP contribution in [0.4, 0.5) is 0 Å². The molecule has 1 unspecified atom stereocenters. The molecule has 1 heterocycles. The number of rotatable bonds is 10. The van der Waals surface area contributed by atoms with Gasteiger partial charge < -0.3 is 37.1 Å². The van der Waals surface area contributed by atoms with Gasteiger partial charge in [0.25, 0.3) is 0 Å². The summed E-state index contributed by atoms with van der Waals surface area (Å²) < 4.78 is 0. The van der Waals surface area contributed by atoms with Crippen LogP contribution in [0.25, 0.3) is 0 Å². The number of nitrogens with two attached hydrogens (primary N) is 1. The van der Waals surface area contributed by atoms with E-state index in [1.165, 1.54) is 0 Å². The first kappa shape index (κ1) is 26.4. The highest BCUT2D eigenvalue weighted by Crippen LogP contribution is 1.98. The van der Waals surface area contributed by atoms with Crippen LogP contribution in [-0.4, -0.2) is 101 Å². The molecule has 0 saturated carbocycles. The fourth-order valence-electron chi connectivity index (χ4n) is 3.20.